The van der Waals surface area contributed by atoms with Gasteiger partial charge in [0.1, 0.15) is 0 Å². The van der Waals surface area contributed by atoms with E-state index in [1.165, 1.54) is 0 Å². The molecule has 0 amide bonds. The van der Waals surface area contributed by atoms with Crippen LogP contribution in [-0.2, 0) is 0 Å². The van der Waals surface area contributed by atoms with Gasteiger partial charge in [0, 0.05) is 12.5 Å². The van der Waals surface area contributed by atoms with Gasteiger partial charge in [-0.05, 0) is 25.8 Å². The van der Waals surface area contributed by atoms with Crippen molar-refractivity contribution in [3.05, 3.63) is 0 Å². The Balaban J connectivity index is 2.01. The van der Waals surface area contributed by atoms with Gasteiger partial charge in [-0.2, -0.15) is 0 Å². The maximum Gasteiger partial charge on any atom is 0.238 e. The van der Waals surface area contributed by atoms with E-state index >= 15 is 0 Å². The molecule has 60 valence electrons. The minimum absolute atomic E-state index is 0.0532. The van der Waals surface area contributed by atoms with Crippen molar-refractivity contribution in [2.75, 3.05) is 6.54 Å². The van der Waals surface area contributed by atoms with Crippen molar-refractivity contribution in [2.24, 2.45) is 0 Å². The van der Waals surface area contributed by atoms with Gasteiger partial charge < -0.3 is 5.32 Å². The summed E-state index contributed by atoms with van der Waals surface area (Å²) in [7, 11) is 0. The lowest BCUT2D eigenvalue weighted by Gasteiger charge is -2.07. The largest absolute Gasteiger partial charge is 0.314 e. The quantitative estimate of drug-likeness (QED) is 0.645. The minimum atomic E-state index is -2.12. The number of rotatable bonds is 3. The summed E-state index contributed by atoms with van der Waals surface area (Å²) in [6.45, 7) is 1.01. The highest BCUT2D eigenvalue weighted by Gasteiger charge is 2.15. The Morgan fingerprint density at radius 2 is 2.30 bits per heavy atom. The Morgan fingerprint density at radius 1 is 1.50 bits per heavy atom. The molecule has 0 aliphatic carbocycles. The van der Waals surface area contributed by atoms with Crippen LogP contribution in [-0.4, -0.2) is 19.0 Å². The molecule has 3 heteroatoms. The zero-order valence-corrected chi connectivity index (χ0v) is 5.95. The Bertz CT molecular complexity index is 89.6. The molecular weight excluding hydrogens is 136 g/mol. The molecule has 1 aliphatic heterocycles. The second-order valence-corrected chi connectivity index (χ2v) is 2.76. The third-order valence-corrected chi connectivity index (χ3v) is 1.90. The summed E-state index contributed by atoms with van der Waals surface area (Å²) in [6.07, 6.45) is 0.790. The van der Waals surface area contributed by atoms with Crippen molar-refractivity contribution in [3.63, 3.8) is 0 Å². The van der Waals surface area contributed by atoms with Crippen LogP contribution in [0.1, 0.15) is 25.7 Å². The van der Waals surface area contributed by atoms with Crippen LogP contribution in [0.2, 0.25) is 0 Å². The highest BCUT2D eigenvalue weighted by molar-refractivity contribution is 4.73. The van der Waals surface area contributed by atoms with Gasteiger partial charge in [-0.25, -0.2) is 8.78 Å². The molecule has 1 aliphatic rings. The number of hydrogen-bond acceptors (Lipinski definition) is 1. The van der Waals surface area contributed by atoms with Crippen molar-refractivity contribution in [1.29, 1.82) is 0 Å². The average molecular weight is 149 g/mol. The molecular formula is C7H13F2N. The molecule has 0 bridgehead atoms. The van der Waals surface area contributed by atoms with Crippen molar-refractivity contribution < 1.29 is 8.78 Å². The molecule has 0 aromatic heterocycles. The van der Waals surface area contributed by atoms with Crippen molar-refractivity contribution in [2.45, 2.75) is 38.2 Å². The van der Waals surface area contributed by atoms with E-state index in [4.69, 9.17) is 0 Å². The maximum atomic E-state index is 11.7. The fourth-order valence-electron chi connectivity index (χ4n) is 1.33. The normalized spacial score (nSPS) is 26.1. The molecule has 1 fully saturated rings. The summed E-state index contributed by atoms with van der Waals surface area (Å²) in [5, 5.41) is 3.18. The molecule has 1 N–H and O–H groups in total. The summed E-state index contributed by atoms with van der Waals surface area (Å²) in [5.74, 6) is 0. The monoisotopic (exact) mass is 149 g/mol. The highest BCUT2D eigenvalue weighted by Crippen LogP contribution is 2.13. The van der Waals surface area contributed by atoms with E-state index in [1.54, 1.807) is 0 Å². The van der Waals surface area contributed by atoms with E-state index in [0.29, 0.717) is 12.5 Å². The molecule has 1 heterocycles. The van der Waals surface area contributed by atoms with E-state index in [1.807, 2.05) is 0 Å². The van der Waals surface area contributed by atoms with Gasteiger partial charge >= 0.3 is 0 Å². The van der Waals surface area contributed by atoms with Crippen molar-refractivity contribution >= 4 is 0 Å². The van der Waals surface area contributed by atoms with Crippen LogP contribution in [0.5, 0.6) is 0 Å². The molecule has 0 aromatic carbocycles. The molecule has 1 nitrogen and oxygen atoms in total. The highest BCUT2D eigenvalue weighted by atomic mass is 19.3. The fourth-order valence-corrected chi connectivity index (χ4v) is 1.33. The van der Waals surface area contributed by atoms with Gasteiger partial charge in [0.05, 0.1) is 0 Å². The molecule has 0 saturated carbocycles. The number of hydrogen-bond donors (Lipinski definition) is 1. The summed E-state index contributed by atoms with van der Waals surface area (Å²) < 4.78 is 23.3. The number of alkyl halides is 2. The van der Waals surface area contributed by atoms with Crippen LogP contribution in [0.15, 0.2) is 0 Å². The Morgan fingerprint density at radius 3 is 2.80 bits per heavy atom. The topological polar surface area (TPSA) is 12.0 Å². The SMILES string of the molecule is FC(F)CCC1CCCN1. The van der Waals surface area contributed by atoms with Gasteiger partial charge in [-0.15, -0.1) is 0 Å². The summed E-state index contributed by atoms with van der Waals surface area (Å²) in [4.78, 5) is 0. The van der Waals surface area contributed by atoms with E-state index in [0.717, 1.165) is 19.4 Å². The van der Waals surface area contributed by atoms with E-state index < -0.39 is 6.43 Å². The van der Waals surface area contributed by atoms with Gasteiger partial charge in [0.15, 0.2) is 0 Å². The zero-order valence-electron chi connectivity index (χ0n) is 5.95. The van der Waals surface area contributed by atoms with Crippen LogP contribution >= 0.6 is 0 Å². The van der Waals surface area contributed by atoms with Crippen LogP contribution < -0.4 is 5.32 Å². The van der Waals surface area contributed by atoms with Crippen LogP contribution in [0, 0.1) is 0 Å². The smallest absolute Gasteiger partial charge is 0.238 e. The molecule has 1 saturated heterocycles. The van der Waals surface area contributed by atoms with Gasteiger partial charge in [0.2, 0.25) is 6.43 Å². The second kappa shape index (κ2) is 3.86. The first kappa shape index (κ1) is 7.92. The second-order valence-electron chi connectivity index (χ2n) is 2.76. The lowest BCUT2D eigenvalue weighted by molar-refractivity contribution is 0.131. The molecule has 1 rings (SSSR count). The standard InChI is InChI=1S/C7H13F2N/c8-7(9)4-3-6-2-1-5-10-6/h6-7,10H,1-5H2. The first-order valence-corrected chi connectivity index (χ1v) is 3.80. The van der Waals surface area contributed by atoms with Gasteiger partial charge in [-0.3, -0.25) is 0 Å². The minimum Gasteiger partial charge on any atom is -0.314 e. The first-order chi connectivity index (χ1) is 4.79. The molecule has 1 atom stereocenters. The lowest BCUT2D eigenvalue weighted by atomic mass is 10.1. The van der Waals surface area contributed by atoms with E-state index in [2.05, 4.69) is 5.32 Å². The molecule has 1 unspecified atom stereocenters. The van der Waals surface area contributed by atoms with Crippen LogP contribution in [0.4, 0.5) is 8.78 Å². The Hall–Kier alpha value is -0.180. The average Bonchev–Trinajstić information content (AvgIpc) is 2.34. The third kappa shape index (κ3) is 2.60. The fraction of sp³-hybridized carbons (Fsp3) is 1.00. The molecule has 0 aromatic rings. The summed E-state index contributed by atoms with van der Waals surface area (Å²) >= 11 is 0. The Kier molecular flexibility index (Phi) is 3.06. The van der Waals surface area contributed by atoms with E-state index in [9.17, 15) is 8.78 Å². The zero-order chi connectivity index (χ0) is 7.40. The third-order valence-electron chi connectivity index (χ3n) is 1.90. The molecule has 0 spiro atoms. The van der Waals surface area contributed by atoms with Crippen LogP contribution in [0.25, 0.3) is 0 Å². The predicted octanol–water partition coefficient (Wildman–Crippen LogP) is 1.78. The van der Waals surface area contributed by atoms with Gasteiger partial charge in [0.25, 0.3) is 0 Å². The molecule has 10 heavy (non-hydrogen) atoms. The van der Waals surface area contributed by atoms with Crippen LogP contribution in [0.3, 0.4) is 0 Å². The van der Waals surface area contributed by atoms with E-state index in [-0.39, 0.29) is 6.42 Å². The number of nitrogens with one attached hydrogen (secondary N) is 1. The summed E-state index contributed by atoms with van der Waals surface area (Å²) in [6, 6.07) is 0.369. The van der Waals surface area contributed by atoms with Crippen molar-refractivity contribution in [3.8, 4) is 0 Å². The first-order valence-electron chi connectivity index (χ1n) is 3.80. The van der Waals surface area contributed by atoms with Gasteiger partial charge in [-0.1, -0.05) is 0 Å². The number of halogens is 2. The molecule has 0 radical (unpaired) electrons. The lowest BCUT2D eigenvalue weighted by Crippen LogP contribution is -2.21. The maximum absolute atomic E-state index is 11.7. The predicted molar refractivity (Wildman–Crippen MR) is 36.3 cm³/mol. The Labute approximate surface area is 59.8 Å². The van der Waals surface area contributed by atoms with Crippen molar-refractivity contribution in [1.82, 2.24) is 5.32 Å². The summed E-state index contributed by atoms with van der Waals surface area (Å²) in [5.41, 5.74) is 0.